The molecule has 1 aliphatic rings. The first-order chi connectivity index (χ1) is 13.7. The lowest BCUT2D eigenvalue weighted by Crippen LogP contribution is -2.46. The molecule has 4 rings (SSSR count). The fourth-order valence-electron chi connectivity index (χ4n) is 3.71. The Morgan fingerprint density at radius 2 is 1.89 bits per heavy atom. The van der Waals surface area contributed by atoms with E-state index in [1.54, 1.807) is 13.3 Å². The molecule has 1 aromatic carbocycles. The second-order valence-electron chi connectivity index (χ2n) is 7.20. The first kappa shape index (κ1) is 18.6. The van der Waals surface area contributed by atoms with E-state index in [1.807, 2.05) is 29.8 Å². The zero-order chi connectivity index (χ0) is 19.3. The number of rotatable bonds is 7. The van der Waals surface area contributed by atoms with Gasteiger partial charge in [0.2, 0.25) is 0 Å². The topological polar surface area (TPSA) is 57.9 Å². The van der Waals surface area contributed by atoms with Gasteiger partial charge >= 0.3 is 0 Å². The van der Waals surface area contributed by atoms with Gasteiger partial charge in [-0.15, -0.1) is 0 Å². The molecule has 0 bridgehead atoms. The summed E-state index contributed by atoms with van der Waals surface area (Å²) < 4.78 is 7.12. The SMILES string of the molecule is COc1ccc(N2CCN(CCCNc3nccn4nc(C)cc34)CC2)cc1. The van der Waals surface area contributed by atoms with Gasteiger partial charge in [0, 0.05) is 50.8 Å². The highest BCUT2D eigenvalue weighted by Crippen LogP contribution is 2.20. The van der Waals surface area contributed by atoms with Crippen molar-refractivity contribution in [3.63, 3.8) is 0 Å². The van der Waals surface area contributed by atoms with Crippen molar-refractivity contribution in [3.8, 4) is 5.75 Å². The van der Waals surface area contributed by atoms with Crippen LogP contribution in [0.4, 0.5) is 11.5 Å². The van der Waals surface area contributed by atoms with Crippen LogP contribution in [0.25, 0.3) is 5.52 Å². The molecule has 3 aromatic rings. The molecule has 1 saturated heterocycles. The number of methoxy groups -OCH3 is 1. The number of nitrogens with one attached hydrogen (secondary N) is 1. The van der Waals surface area contributed by atoms with Crippen molar-refractivity contribution in [2.75, 3.05) is 56.6 Å². The van der Waals surface area contributed by atoms with Crippen molar-refractivity contribution >= 4 is 17.0 Å². The highest BCUT2D eigenvalue weighted by Gasteiger charge is 2.16. The molecule has 3 heterocycles. The monoisotopic (exact) mass is 380 g/mol. The third kappa shape index (κ3) is 4.20. The molecule has 0 atom stereocenters. The van der Waals surface area contributed by atoms with E-state index in [1.165, 1.54) is 5.69 Å². The molecule has 0 radical (unpaired) electrons. The molecular weight excluding hydrogens is 352 g/mol. The number of fused-ring (bicyclic) bond motifs is 1. The van der Waals surface area contributed by atoms with Crippen molar-refractivity contribution in [2.45, 2.75) is 13.3 Å². The van der Waals surface area contributed by atoms with Gasteiger partial charge in [0.05, 0.1) is 12.8 Å². The predicted octanol–water partition coefficient (Wildman–Crippen LogP) is 2.67. The standard InChI is InChI=1S/C21H28N6O/c1-17-16-20-21(23-9-11-27(20)24-17)22-8-3-10-25-12-14-26(15-13-25)18-4-6-19(28-2)7-5-18/h4-7,9,11,16H,3,8,10,12-15H2,1-2H3,(H,22,23). The number of anilines is 2. The Bertz CT molecular complexity index is 899. The van der Waals surface area contributed by atoms with E-state index < -0.39 is 0 Å². The van der Waals surface area contributed by atoms with Crippen molar-refractivity contribution in [1.82, 2.24) is 19.5 Å². The maximum Gasteiger partial charge on any atom is 0.152 e. The van der Waals surface area contributed by atoms with Crippen molar-refractivity contribution in [3.05, 3.63) is 48.4 Å². The summed E-state index contributed by atoms with van der Waals surface area (Å²) in [6, 6.07) is 10.4. The summed E-state index contributed by atoms with van der Waals surface area (Å²) in [6.07, 6.45) is 4.77. The molecule has 0 aliphatic carbocycles. The van der Waals surface area contributed by atoms with Crippen LogP contribution in [0, 0.1) is 6.92 Å². The Hall–Kier alpha value is -2.80. The number of ether oxygens (including phenoxy) is 1. The fourth-order valence-corrected chi connectivity index (χ4v) is 3.71. The number of benzene rings is 1. The number of hydrogen-bond donors (Lipinski definition) is 1. The molecule has 7 nitrogen and oxygen atoms in total. The van der Waals surface area contributed by atoms with Crippen LogP contribution in [0.15, 0.2) is 42.7 Å². The molecule has 28 heavy (non-hydrogen) atoms. The van der Waals surface area contributed by atoms with Gasteiger partial charge in [-0.05, 0) is 50.2 Å². The first-order valence-electron chi connectivity index (χ1n) is 9.89. The Labute approximate surface area is 165 Å². The van der Waals surface area contributed by atoms with E-state index >= 15 is 0 Å². The summed E-state index contributed by atoms with van der Waals surface area (Å²) in [6.45, 7) is 8.34. The third-order valence-corrected chi connectivity index (χ3v) is 5.27. The number of piperazine rings is 1. The van der Waals surface area contributed by atoms with Crippen LogP contribution in [-0.4, -0.2) is 65.9 Å². The molecule has 0 spiro atoms. The second kappa shape index (κ2) is 8.48. The lowest BCUT2D eigenvalue weighted by molar-refractivity contribution is 0.257. The van der Waals surface area contributed by atoms with Crippen molar-refractivity contribution in [2.24, 2.45) is 0 Å². The Morgan fingerprint density at radius 1 is 1.11 bits per heavy atom. The van der Waals surface area contributed by atoms with Crippen LogP contribution in [0.2, 0.25) is 0 Å². The molecule has 7 heteroatoms. The first-order valence-corrected chi connectivity index (χ1v) is 9.89. The zero-order valence-corrected chi connectivity index (χ0v) is 16.6. The van der Waals surface area contributed by atoms with Gasteiger partial charge in [-0.2, -0.15) is 5.10 Å². The number of nitrogens with zero attached hydrogens (tertiary/aromatic N) is 5. The molecule has 2 aromatic heterocycles. The Morgan fingerprint density at radius 3 is 2.64 bits per heavy atom. The fraction of sp³-hybridized carbons (Fsp3) is 0.429. The van der Waals surface area contributed by atoms with Gasteiger partial charge in [-0.3, -0.25) is 4.90 Å². The van der Waals surface area contributed by atoms with Crippen LogP contribution in [0.5, 0.6) is 5.75 Å². The van der Waals surface area contributed by atoms with Crippen LogP contribution >= 0.6 is 0 Å². The van der Waals surface area contributed by atoms with Gasteiger partial charge in [0.1, 0.15) is 11.3 Å². The maximum absolute atomic E-state index is 5.24. The highest BCUT2D eigenvalue weighted by molar-refractivity contribution is 5.67. The van der Waals surface area contributed by atoms with E-state index in [9.17, 15) is 0 Å². The quantitative estimate of drug-likeness (QED) is 0.636. The van der Waals surface area contributed by atoms with Crippen LogP contribution in [0.3, 0.4) is 0 Å². The minimum atomic E-state index is 0.908. The maximum atomic E-state index is 5.24. The lowest BCUT2D eigenvalue weighted by atomic mass is 10.2. The number of aryl methyl sites for hydroxylation is 1. The second-order valence-corrected chi connectivity index (χ2v) is 7.20. The largest absolute Gasteiger partial charge is 0.497 e. The molecule has 1 N–H and O–H groups in total. The zero-order valence-electron chi connectivity index (χ0n) is 16.6. The Balaban J connectivity index is 1.21. The Kier molecular flexibility index (Phi) is 5.62. The van der Waals surface area contributed by atoms with Gasteiger partial charge in [-0.25, -0.2) is 9.50 Å². The lowest BCUT2D eigenvalue weighted by Gasteiger charge is -2.36. The van der Waals surface area contributed by atoms with Gasteiger partial charge in [0.15, 0.2) is 5.82 Å². The van der Waals surface area contributed by atoms with E-state index in [2.05, 4.69) is 43.4 Å². The molecule has 1 aliphatic heterocycles. The number of aromatic nitrogens is 3. The molecule has 1 fully saturated rings. The molecular formula is C21H28N6O. The van der Waals surface area contributed by atoms with Gasteiger partial charge in [-0.1, -0.05) is 0 Å². The highest BCUT2D eigenvalue weighted by atomic mass is 16.5. The van der Waals surface area contributed by atoms with Gasteiger partial charge < -0.3 is 15.0 Å². The van der Waals surface area contributed by atoms with E-state index in [-0.39, 0.29) is 0 Å². The van der Waals surface area contributed by atoms with E-state index in [4.69, 9.17) is 4.74 Å². The molecule has 0 amide bonds. The summed E-state index contributed by atoms with van der Waals surface area (Å²) in [7, 11) is 1.70. The summed E-state index contributed by atoms with van der Waals surface area (Å²) in [5, 5.41) is 7.90. The molecule has 148 valence electrons. The minimum Gasteiger partial charge on any atom is -0.497 e. The van der Waals surface area contributed by atoms with Crippen LogP contribution in [0.1, 0.15) is 12.1 Å². The van der Waals surface area contributed by atoms with Crippen LogP contribution < -0.4 is 15.0 Å². The van der Waals surface area contributed by atoms with E-state index in [0.717, 1.165) is 68.5 Å². The third-order valence-electron chi connectivity index (χ3n) is 5.27. The predicted molar refractivity (Wildman–Crippen MR) is 112 cm³/mol. The molecule has 0 saturated carbocycles. The normalized spacial score (nSPS) is 15.1. The summed E-state index contributed by atoms with van der Waals surface area (Å²) >= 11 is 0. The van der Waals surface area contributed by atoms with Gasteiger partial charge in [0.25, 0.3) is 0 Å². The average Bonchev–Trinajstić information content (AvgIpc) is 3.13. The van der Waals surface area contributed by atoms with E-state index in [0.29, 0.717) is 0 Å². The summed E-state index contributed by atoms with van der Waals surface area (Å²) in [5.74, 6) is 1.82. The summed E-state index contributed by atoms with van der Waals surface area (Å²) in [5.41, 5.74) is 3.32. The number of hydrogen-bond acceptors (Lipinski definition) is 6. The average molecular weight is 380 g/mol. The summed E-state index contributed by atoms with van der Waals surface area (Å²) in [4.78, 5) is 9.44. The van der Waals surface area contributed by atoms with Crippen molar-refractivity contribution < 1.29 is 4.74 Å². The van der Waals surface area contributed by atoms with Crippen LogP contribution in [-0.2, 0) is 0 Å². The smallest absolute Gasteiger partial charge is 0.152 e. The molecule has 0 unspecified atom stereocenters. The minimum absolute atomic E-state index is 0.908. The van der Waals surface area contributed by atoms with Crippen molar-refractivity contribution in [1.29, 1.82) is 0 Å².